The first-order chi connectivity index (χ1) is 35.0. The lowest BCUT2D eigenvalue weighted by molar-refractivity contribution is -0.167. The molecule has 1 atom stereocenters. The molecule has 0 heterocycles. The van der Waals surface area contributed by atoms with Crippen molar-refractivity contribution in [3.63, 3.8) is 0 Å². The van der Waals surface area contributed by atoms with Crippen molar-refractivity contribution in [2.24, 2.45) is 0 Å². The maximum Gasteiger partial charge on any atom is 0.306 e. The molecule has 0 saturated carbocycles. The van der Waals surface area contributed by atoms with E-state index in [2.05, 4.69) is 179 Å². The first kappa shape index (κ1) is 66.0. The number of hydrogen-bond donors (Lipinski definition) is 0. The minimum atomic E-state index is -0.817. The number of allylic oxidation sites excluding steroid dienone is 26. The summed E-state index contributed by atoms with van der Waals surface area (Å²) in [5.41, 5.74) is 0. The third-order valence-electron chi connectivity index (χ3n) is 11.0. The largest absolute Gasteiger partial charge is 0.462 e. The Hall–Kier alpha value is -4.97. The molecule has 0 aromatic heterocycles. The van der Waals surface area contributed by atoms with E-state index in [9.17, 15) is 14.4 Å². The first-order valence-electron chi connectivity index (χ1n) is 28.0. The van der Waals surface area contributed by atoms with Gasteiger partial charge in [0.2, 0.25) is 0 Å². The third kappa shape index (κ3) is 55.8. The van der Waals surface area contributed by atoms with Crippen LogP contribution in [0.2, 0.25) is 0 Å². The first-order valence-corrected chi connectivity index (χ1v) is 28.0. The highest BCUT2D eigenvalue weighted by Crippen LogP contribution is 2.12. The van der Waals surface area contributed by atoms with E-state index < -0.39 is 6.10 Å². The lowest BCUT2D eigenvalue weighted by Gasteiger charge is -2.18. The Bertz CT molecular complexity index is 1640. The zero-order chi connectivity index (χ0) is 51.4. The quantitative estimate of drug-likeness (QED) is 0.0262. The number of ether oxygens (including phenoxy) is 3. The molecule has 0 aromatic rings. The Kier molecular flexibility index (Phi) is 53.6. The minimum Gasteiger partial charge on any atom is -0.462 e. The second-order valence-electron chi connectivity index (χ2n) is 17.7. The van der Waals surface area contributed by atoms with Gasteiger partial charge in [-0.2, -0.15) is 0 Å². The van der Waals surface area contributed by atoms with Crippen LogP contribution in [0, 0.1) is 0 Å². The van der Waals surface area contributed by atoms with Gasteiger partial charge in [-0.25, -0.2) is 0 Å². The second-order valence-corrected chi connectivity index (χ2v) is 17.7. The van der Waals surface area contributed by atoms with Crippen LogP contribution in [-0.2, 0) is 28.6 Å². The van der Waals surface area contributed by atoms with E-state index in [4.69, 9.17) is 14.2 Å². The smallest absolute Gasteiger partial charge is 0.306 e. The molecule has 6 nitrogen and oxygen atoms in total. The zero-order valence-electron chi connectivity index (χ0n) is 45.2. The lowest BCUT2D eigenvalue weighted by atomic mass is 10.1. The summed E-state index contributed by atoms with van der Waals surface area (Å²) in [5.74, 6) is -1.01. The maximum absolute atomic E-state index is 12.8. The topological polar surface area (TPSA) is 78.9 Å². The average molecular weight is 978 g/mol. The molecule has 396 valence electrons. The third-order valence-corrected chi connectivity index (χ3v) is 11.0. The van der Waals surface area contributed by atoms with Crippen LogP contribution >= 0.6 is 0 Å². The molecule has 71 heavy (non-hydrogen) atoms. The second kappa shape index (κ2) is 57.6. The number of esters is 3. The fourth-order valence-electron chi connectivity index (χ4n) is 6.89. The van der Waals surface area contributed by atoms with Gasteiger partial charge in [-0.1, -0.05) is 224 Å². The summed E-state index contributed by atoms with van der Waals surface area (Å²) in [5, 5.41) is 0. The van der Waals surface area contributed by atoms with E-state index in [0.29, 0.717) is 19.3 Å². The zero-order valence-corrected chi connectivity index (χ0v) is 45.2. The summed E-state index contributed by atoms with van der Waals surface area (Å²) in [6.07, 6.45) is 84.1. The Balaban J connectivity index is 4.31. The number of rotatable bonds is 48. The van der Waals surface area contributed by atoms with Crippen LogP contribution in [0.25, 0.3) is 0 Å². The van der Waals surface area contributed by atoms with Gasteiger partial charge in [-0.05, 0) is 128 Å². The summed E-state index contributed by atoms with van der Waals surface area (Å²) >= 11 is 0. The van der Waals surface area contributed by atoms with Crippen LogP contribution in [-0.4, -0.2) is 37.2 Å². The maximum atomic E-state index is 12.8. The summed E-state index contributed by atoms with van der Waals surface area (Å²) < 4.78 is 16.7. The molecule has 0 bridgehead atoms. The lowest BCUT2D eigenvalue weighted by Crippen LogP contribution is -2.30. The van der Waals surface area contributed by atoms with Crippen molar-refractivity contribution in [2.45, 2.75) is 219 Å². The SMILES string of the molecule is CC/C=C\C/C=C\C/C=C\C/C=C\C/C=C\C/C=C\C/C=C\C/C=C\C/C=C\CCCCCC(=O)OCC(COC(=O)CCCCCCCCC)OC(=O)CCCC/C=C\C/C=C\C/C=C\C/C=C\CC. The average Bonchev–Trinajstić information content (AvgIpc) is 3.37. The van der Waals surface area contributed by atoms with Gasteiger partial charge in [0.05, 0.1) is 0 Å². The number of unbranched alkanes of at least 4 members (excludes halogenated alkanes) is 11. The number of carbonyl (C=O) groups is 3. The van der Waals surface area contributed by atoms with Crippen molar-refractivity contribution in [1.29, 1.82) is 0 Å². The summed E-state index contributed by atoms with van der Waals surface area (Å²) in [7, 11) is 0. The Morgan fingerprint density at radius 2 is 0.549 bits per heavy atom. The van der Waals surface area contributed by atoms with Gasteiger partial charge in [0.25, 0.3) is 0 Å². The van der Waals surface area contributed by atoms with E-state index in [1.807, 2.05) is 0 Å². The van der Waals surface area contributed by atoms with Crippen molar-refractivity contribution >= 4 is 17.9 Å². The van der Waals surface area contributed by atoms with E-state index in [1.54, 1.807) is 0 Å². The predicted octanol–water partition coefficient (Wildman–Crippen LogP) is 19.0. The number of carbonyl (C=O) groups excluding carboxylic acids is 3. The summed E-state index contributed by atoms with van der Waals surface area (Å²) in [4.78, 5) is 37.8. The van der Waals surface area contributed by atoms with Crippen LogP contribution in [0.1, 0.15) is 213 Å². The highest BCUT2D eigenvalue weighted by atomic mass is 16.6. The predicted molar refractivity (Wildman–Crippen MR) is 306 cm³/mol. The van der Waals surface area contributed by atoms with Crippen LogP contribution in [0.15, 0.2) is 158 Å². The normalized spacial score (nSPS) is 13.3. The molecule has 6 heteroatoms. The molecule has 0 aliphatic carbocycles. The molecule has 0 fully saturated rings. The van der Waals surface area contributed by atoms with E-state index in [-0.39, 0.29) is 37.5 Å². The molecule has 0 amide bonds. The fraction of sp³-hybridized carbons (Fsp3) is 0.554. The molecule has 0 aliphatic heterocycles. The van der Waals surface area contributed by atoms with Crippen LogP contribution in [0.4, 0.5) is 0 Å². The van der Waals surface area contributed by atoms with E-state index in [0.717, 1.165) is 141 Å². The van der Waals surface area contributed by atoms with Crippen molar-refractivity contribution in [3.8, 4) is 0 Å². The molecule has 0 rings (SSSR count). The Labute approximate surface area is 435 Å². The van der Waals surface area contributed by atoms with Crippen LogP contribution < -0.4 is 0 Å². The van der Waals surface area contributed by atoms with Crippen molar-refractivity contribution in [3.05, 3.63) is 158 Å². The number of hydrogen-bond acceptors (Lipinski definition) is 6. The van der Waals surface area contributed by atoms with Crippen molar-refractivity contribution < 1.29 is 28.6 Å². The van der Waals surface area contributed by atoms with Gasteiger partial charge in [0.15, 0.2) is 6.10 Å². The monoisotopic (exact) mass is 977 g/mol. The molecular formula is C65H100O6. The summed E-state index contributed by atoms with van der Waals surface area (Å²) in [6.45, 7) is 6.27. The van der Waals surface area contributed by atoms with Gasteiger partial charge >= 0.3 is 17.9 Å². The minimum absolute atomic E-state index is 0.112. The molecule has 0 aliphatic rings. The summed E-state index contributed by atoms with van der Waals surface area (Å²) in [6, 6.07) is 0. The fourth-order valence-corrected chi connectivity index (χ4v) is 6.89. The van der Waals surface area contributed by atoms with Crippen molar-refractivity contribution in [2.75, 3.05) is 13.2 Å². The van der Waals surface area contributed by atoms with E-state index >= 15 is 0 Å². The Morgan fingerprint density at radius 3 is 0.887 bits per heavy atom. The van der Waals surface area contributed by atoms with Crippen LogP contribution in [0.5, 0.6) is 0 Å². The highest BCUT2D eigenvalue weighted by Gasteiger charge is 2.19. The van der Waals surface area contributed by atoms with Gasteiger partial charge in [-0.3, -0.25) is 14.4 Å². The molecule has 0 saturated heterocycles. The molecule has 1 unspecified atom stereocenters. The van der Waals surface area contributed by atoms with Gasteiger partial charge in [0, 0.05) is 19.3 Å². The molecule has 0 spiro atoms. The molecule has 0 radical (unpaired) electrons. The molecule has 0 aromatic carbocycles. The molecular weight excluding hydrogens is 877 g/mol. The molecule has 0 N–H and O–H groups in total. The van der Waals surface area contributed by atoms with Gasteiger partial charge in [0.1, 0.15) is 13.2 Å². The van der Waals surface area contributed by atoms with Gasteiger partial charge < -0.3 is 14.2 Å². The van der Waals surface area contributed by atoms with Crippen LogP contribution in [0.3, 0.4) is 0 Å². The standard InChI is InChI=1S/C65H100O6/c1-4-7-10-13-16-18-20-22-24-25-26-27-28-29-30-31-32-33-34-35-36-37-38-39-41-42-44-46-49-52-55-58-64(67)70-61-62(60-69-63(66)57-54-51-48-15-12-9-6-3)71-65(68)59-56-53-50-47-45-43-40-23-21-19-17-14-11-8-5-2/h7-8,10-11,16-19,22-24,26-27,29-30,32-33,35-36,38-40,42,44-45,47,62H,4-6,9,12-15,20-21,25,28,31,34,37,41,43,46,48-61H2,1-3H3/b10-7-,11-8-,18-16-,19-17-,24-22-,27-26-,30-29-,33-32-,36-35-,39-38-,40-23-,44-42-,47-45-. The van der Waals surface area contributed by atoms with E-state index in [1.165, 1.54) is 25.7 Å². The highest BCUT2D eigenvalue weighted by molar-refractivity contribution is 5.71. The Morgan fingerprint density at radius 1 is 0.296 bits per heavy atom. The van der Waals surface area contributed by atoms with Crippen molar-refractivity contribution in [1.82, 2.24) is 0 Å². The van der Waals surface area contributed by atoms with Gasteiger partial charge in [-0.15, -0.1) is 0 Å².